The van der Waals surface area contributed by atoms with Crippen LogP contribution in [0.3, 0.4) is 0 Å². The number of imidazole rings is 1. The second-order valence-electron chi connectivity index (χ2n) is 5.38. The van der Waals surface area contributed by atoms with E-state index in [0.717, 1.165) is 25.3 Å². The lowest BCUT2D eigenvalue weighted by atomic mass is 10.1. The fourth-order valence-electron chi connectivity index (χ4n) is 2.89. The Morgan fingerprint density at radius 3 is 3.05 bits per heavy atom. The van der Waals surface area contributed by atoms with Crippen molar-refractivity contribution in [1.82, 2.24) is 19.9 Å². The highest BCUT2D eigenvalue weighted by Gasteiger charge is 2.34. The molecule has 0 aromatic carbocycles. The molecular formula is C15H20N4O. The van der Waals surface area contributed by atoms with E-state index in [-0.39, 0.29) is 12.1 Å². The van der Waals surface area contributed by atoms with Crippen LogP contribution in [0.1, 0.15) is 29.4 Å². The summed E-state index contributed by atoms with van der Waals surface area (Å²) in [5.74, 6) is 1.02. The quantitative estimate of drug-likeness (QED) is 0.926. The van der Waals surface area contributed by atoms with E-state index in [2.05, 4.69) is 32.8 Å². The second kappa shape index (κ2) is 5.73. The van der Waals surface area contributed by atoms with Crippen molar-refractivity contribution in [2.75, 3.05) is 13.7 Å². The summed E-state index contributed by atoms with van der Waals surface area (Å²) in [6.07, 6.45) is 8.75. The van der Waals surface area contributed by atoms with Crippen LogP contribution in [-0.4, -0.2) is 39.6 Å². The molecule has 1 aliphatic rings. The number of hydrogen-bond donors (Lipinski definition) is 1. The molecule has 5 nitrogen and oxygen atoms in total. The van der Waals surface area contributed by atoms with E-state index in [0.29, 0.717) is 0 Å². The summed E-state index contributed by atoms with van der Waals surface area (Å²) in [7, 11) is 1.78. The predicted molar refractivity (Wildman–Crippen MR) is 76.1 cm³/mol. The largest absolute Gasteiger partial charge is 0.380 e. The average Bonchev–Trinajstić information content (AvgIpc) is 3.07. The topological polar surface area (TPSA) is 54.0 Å². The smallest absolute Gasteiger partial charge is 0.123 e. The standard InChI is InChI=1S/C15H20N4O/c1-11-5-12(8-16-7-11)9-19-10-13(20-2)6-14(19)15-17-3-4-18-15/h3-5,7-8,13-14H,6,9-10H2,1-2H3,(H,17,18)/t13-,14?/m1/s1. The zero-order chi connectivity index (χ0) is 13.9. The van der Waals surface area contributed by atoms with Crippen molar-refractivity contribution in [2.45, 2.75) is 32.0 Å². The van der Waals surface area contributed by atoms with Crippen LogP contribution in [-0.2, 0) is 11.3 Å². The van der Waals surface area contributed by atoms with Gasteiger partial charge in [-0.1, -0.05) is 6.07 Å². The van der Waals surface area contributed by atoms with Crippen molar-refractivity contribution in [3.05, 3.63) is 47.8 Å². The molecule has 1 saturated heterocycles. The van der Waals surface area contributed by atoms with Crippen LogP contribution in [0.4, 0.5) is 0 Å². The third-order valence-electron chi connectivity index (χ3n) is 3.85. The van der Waals surface area contributed by atoms with E-state index in [4.69, 9.17) is 4.74 Å². The molecule has 2 aromatic rings. The number of hydrogen-bond acceptors (Lipinski definition) is 4. The van der Waals surface area contributed by atoms with Crippen LogP contribution in [0, 0.1) is 6.92 Å². The second-order valence-corrected chi connectivity index (χ2v) is 5.38. The van der Waals surface area contributed by atoms with Gasteiger partial charge in [0, 0.05) is 45.0 Å². The Morgan fingerprint density at radius 2 is 2.35 bits per heavy atom. The summed E-state index contributed by atoms with van der Waals surface area (Å²) in [6.45, 7) is 3.87. The molecule has 2 aromatic heterocycles. The Morgan fingerprint density at radius 1 is 1.45 bits per heavy atom. The maximum Gasteiger partial charge on any atom is 0.123 e. The molecule has 0 spiro atoms. The number of nitrogens with zero attached hydrogens (tertiary/aromatic N) is 3. The molecule has 1 N–H and O–H groups in total. The number of H-pyrrole nitrogens is 1. The average molecular weight is 272 g/mol. The predicted octanol–water partition coefficient (Wildman–Crippen LogP) is 2.08. The van der Waals surface area contributed by atoms with E-state index >= 15 is 0 Å². The lowest BCUT2D eigenvalue weighted by Crippen LogP contribution is -2.25. The van der Waals surface area contributed by atoms with Gasteiger partial charge in [0.25, 0.3) is 0 Å². The van der Waals surface area contributed by atoms with Crippen LogP contribution in [0.25, 0.3) is 0 Å². The third-order valence-corrected chi connectivity index (χ3v) is 3.85. The van der Waals surface area contributed by atoms with Crippen molar-refractivity contribution in [1.29, 1.82) is 0 Å². The van der Waals surface area contributed by atoms with Gasteiger partial charge in [-0.05, 0) is 24.5 Å². The molecule has 3 rings (SSSR count). The number of pyridine rings is 1. The molecule has 1 unspecified atom stereocenters. The molecule has 0 radical (unpaired) electrons. The van der Waals surface area contributed by atoms with Crippen molar-refractivity contribution >= 4 is 0 Å². The molecule has 5 heteroatoms. The first-order valence-corrected chi connectivity index (χ1v) is 6.93. The number of ether oxygens (including phenoxy) is 1. The molecule has 0 aliphatic carbocycles. The van der Waals surface area contributed by atoms with E-state index in [9.17, 15) is 0 Å². The summed E-state index contributed by atoms with van der Waals surface area (Å²) in [5.41, 5.74) is 2.43. The first kappa shape index (κ1) is 13.3. The molecule has 0 amide bonds. The van der Waals surface area contributed by atoms with E-state index in [1.54, 1.807) is 7.11 Å². The van der Waals surface area contributed by atoms with Gasteiger partial charge in [0.15, 0.2) is 0 Å². The maximum atomic E-state index is 5.53. The highest BCUT2D eigenvalue weighted by atomic mass is 16.5. The van der Waals surface area contributed by atoms with Crippen LogP contribution < -0.4 is 0 Å². The molecule has 1 fully saturated rings. The van der Waals surface area contributed by atoms with Crippen LogP contribution >= 0.6 is 0 Å². The highest BCUT2D eigenvalue weighted by molar-refractivity contribution is 5.17. The highest BCUT2D eigenvalue weighted by Crippen LogP contribution is 2.32. The number of aromatic amines is 1. The number of nitrogens with one attached hydrogen (secondary N) is 1. The van der Waals surface area contributed by atoms with Gasteiger partial charge in [0.2, 0.25) is 0 Å². The van der Waals surface area contributed by atoms with Crippen LogP contribution in [0.5, 0.6) is 0 Å². The number of aryl methyl sites for hydroxylation is 1. The zero-order valence-corrected chi connectivity index (χ0v) is 11.9. The Hall–Kier alpha value is -1.72. The Bertz CT molecular complexity index is 555. The summed E-state index contributed by atoms with van der Waals surface area (Å²) in [4.78, 5) is 14.3. The van der Waals surface area contributed by atoms with Gasteiger partial charge in [-0.25, -0.2) is 4.98 Å². The molecular weight excluding hydrogens is 252 g/mol. The van der Waals surface area contributed by atoms with Gasteiger partial charge in [-0.15, -0.1) is 0 Å². The fourth-order valence-corrected chi connectivity index (χ4v) is 2.89. The Labute approximate surface area is 119 Å². The van der Waals surface area contributed by atoms with Crippen LogP contribution in [0.15, 0.2) is 30.9 Å². The van der Waals surface area contributed by atoms with Gasteiger partial charge in [-0.3, -0.25) is 9.88 Å². The fraction of sp³-hybridized carbons (Fsp3) is 0.467. The Kier molecular flexibility index (Phi) is 3.80. The molecule has 20 heavy (non-hydrogen) atoms. The molecule has 0 saturated carbocycles. The third kappa shape index (κ3) is 2.73. The zero-order valence-electron chi connectivity index (χ0n) is 11.9. The summed E-state index contributed by atoms with van der Waals surface area (Å²) >= 11 is 0. The van der Waals surface area contributed by atoms with Gasteiger partial charge in [-0.2, -0.15) is 0 Å². The van der Waals surface area contributed by atoms with E-state index in [1.165, 1.54) is 11.1 Å². The van der Waals surface area contributed by atoms with Crippen molar-refractivity contribution in [2.24, 2.45) is 0 Å². The summed E-state index contributed by atoms with van der Waals surface area (Å²) < 4.78 is 5.53. The number of rotatable bonds is 4. The van der Waals surface area contributed by atoms with E-state index in [1.807, 2.05) is 24.8 Å². The van der Waals surface area contributed by atoms with Gasteiger partial charge >= 0.3 is 0 Å². The summed E-state index contributed by atoms with van der Waals surface area (Å²) in [6, 6.07) is 2.47. The minimum Gasteiger partial charge on any atom is -0.380 e. The Balaban J connectivity index is 1.79. The van der Waals surface area contributed by atoms with Gasteiger partial charge in [0.1, 0.15) is 5.82 Å². The molecule has 2 atom stereocenters. The van der Waals surface area contributed by atoms with Crippen molar-refractivity contribution < 1.29 is 4.74 Å². The molecule has 106 valence electrons. The van der Waals surface area contributed by atoms with Crippen molar-refractivity contribution in [3.63, 3.8) is 0 Å². The monoisotopic (exact) mass is 272 g/mol. The van der Waals surface area contributed by atoms with Crippen molar-refractivity contribution in [3.8, 4) is 0 Å². The minimum absolute atomic E-state index is 0.267. The minimum atomic E-state index is 0.267. The molecule has 1 aliphatic heterocycles. The van der Waals surface area contributed by atoms with Crippen LogP contribution in [0.2, 0.25) is 0 Å². The number of likely N-dealkylation sites (tertiary alicyclic amines) is 1. The van der Waals surface area contributed by atoms with Gasteiger partial charge < -0.3 is 9.72 Å². The maximum absolute atomic E-state index is 5.53. The molecule has 0 bridgehead atoms. The SMILES string of the molecule is CO[C@@H]1CC(c2ncc[nH]2)N(Cc2cncc(C)c2)C1. The van der Waals surface area contributed by atoms with Gasteiger partial charge in [0.05, 0.1) is 12.1 Å². The number of methoxy groups -OCH3 is 1. The first-order chi connectivity index (χ1) is 9.76. The lowest BCUT2D eigenvalue weighted by molar-refractivity contribution is 0.107. The molecule has 3 heterocycles. The first-order valence-electron chi connectivity index (χ1n) is 6.93. The number of aromatic nitrogens is 3. The normalized spacial score (nSPS) is 23.3. The summed E-state index contributed by atoms with van der Waals surface area (Å²) in [5, 5.41) is 0. The lowest BCUT2D eigenvalue weighted by Gasteiger charge is -2.22. The van der Waals surface area contributed by atoms with E-state index < -0.39 is 0 Å².